The Morgan fingerprint density at radius 2 is 1.65 bits per heavy atom. The van der Waals surface area contributed by atoms with Crippen molar-refractivity contribution < 1.29 is 9.18 Å². The molecule has 1 aliphatic heterocycles. The molecule has 0 saturated carbocycles. The third kappa shape index (κ3) is 3.62. The molecule has 2 aromatic rings. The summed E-state index contributed by atoms with van der Waals surface area (Å²) in [5.74, 6) is -0.135. The maximum Gasteiger partial charge on any atom is 0.227 e. The van der Waals surface area contributed by atoms with Crippen molar-refractivity contribution in [2.24, 2.45) is 0 Å². The summed E-state index contributed by atoms with van der Waals surface area (Å²) < 4.78 is 13.0. The molecule has 23 heavy (non-hydrogen) atoms. The van der Waals surface area contributed by atoms with Crippen LogP contribution in [0.25, 0.3) is 0 Å². The molecule has 1 heterocycles. The first-order chi connectivity index (χ1) is 11.1. The lowest BCUT2D eigenvalue weighted by Crippen LogP contribution is -2.49. The highest BCUT2D eigenvalue weighted by atomic mass is 19.1. The van der Waals surface area contributed by atoms with Crippen LogP contribution in [-0.2, 0) is 11.2 Å². The van der Waals surface area contributed by atoms with Crippen LogP contribution in [0.3, 0.4) is 0 Å². The zero-order valence-corrected chi connectivity index (χ0v) is 12.9. The molecule has 1 amide bonds. The van der Waals surface area contributed by atoms with Crippen LogP contribution in [0.5, 0.6) is 0 Å². The van der Waals surface area contributed by atoms with E-state index in [4.69, 9.17) is 5.73 Å². The first-order valence-electron chi connectivity index (χ1n) is 7.75. The number of carbonyl (C=O) groups is 1. The summed E-state index contributed by atoms with van der Waals surface area (Å²) in [4.78, 5) is 16.4. The van der Waals surface area contributed by atoms with Crippen molar-refractivity contribution in [2.45, 2.75) is 6.42 Å². The summed E-state index contributed by atoms with van der Waals surface area (Å²) in [6.45, 7) is 2.84. The van der Waals surface area contributed by atoms with E-state index in [1.54, 1.807) is 12.1 Å². The molecule has 0 unspecified atom stereocenters. The van der Waals surface area contributed by atoms with E-state index in [1.807, 2.05) is 29.2 Å². The lowest BCUT2D eigenvalue weighted by molar-refractivity contribution is -0.130. The number of halogens is 1. The number of nitrogens with zero attached hydrogens (tertiary/aromatic N) is 2. The molecule has 1 saturated heterocycles. The predicted molar refractivity (Wildman–Crippen MR) is 89.8 cm³/mol. The number of para-hydroxylation sites is 1. The van der Waals surface area contributed by atoms with Crippen LogP contribution in [0.2, 0.25) is 0 Å². The Labute approximate surface area is 135 Å². The average Bonchev–Trinajstić information content (AvgIpc) is 2.58. The van der Waals surface area contributed by atoms with Crippen molar-refractivity contribution in [1.29, 1.82) is 0 Å². The van der Waals surface area contributed by atoms with Crippen LogP contribution in [0.1, 0.15) is 5.56 Å². The summed E-state index contributed by atoms with van der Waals surface area (Å²) >= 11 is 0. The van der Waals surface area contributed by atoms with Crippen molar-refractivity contribution >= 4 is 17.3 Å². The maximum atomic E-state index is 13.0. The van der Waals surface area contributed by atoms with Crippen LogP contribution in [0.4, 0.5) is 15.8 Å². The highest BCUT2D eigenvalue weighted by Crippen LogP contribution is 2.18. The number of nitrogens with two attached hydrogens (primary N) is 1. The number of hydrogen-bond donors (Lipinski definition) is 1. The van der Waals surface area contributed by atoms with Gasteiger partial charge < -0.3 is 15.5 Å². The van der Waals surface area contributed by atoms with E-state index < -0.39 is 0 Å². The van der Waals surface area contributed by atoms with Crippen molar-refractivity contribution in [2.75, 3.05) is 36.8 Å². The monoisotopic (exact) mass is 313 g/mol. The Kier molecular flexibility index (Phi) is 4.46. The van der Waals surface area contributed by atoms with Gasteiger partial charge in [-0.1, -0.05) is 18.2 Å². The van der Waals surface area contributed by atoms with Gasteiger partial charge >= 0.3 is 0 Å². The number of benzene rings is 2. The van der Waals surface area contributed by atoms with Gasteiger partial charge in [0.2, 0.25) is 5.91 Å². The average molecular weight is 313 g/mol. The van der Waals surface area contributed by atoms with Gasteiger partial charge in [0, 0.05) is 37.6 Å². The molecule has 4 nitrogen and oxygen atoms in total. The molecule has 0 spiro atoms. The molecule has 5 heteroatoms. The normalized spacial score (nSPS) is 14.8. The van der Waals surface area contributed by atoms with E-state index >= 15 is 0 Å². The summed E-state index contributed by atoms with van der Waals surface area (Å²) in [5.41, 5.74) is 8.42. The Morgan fingerprint density at radius 3 is 2.30 bits per heavy atom. The number of amides is 1. The molecule has 0 radical (unpaired) electrons. The van der Waals surface area contributed by atoms with E-state index in [0.717, 1.165) is 24.3 Å². The molecule has 1 fully saturated rings. The maximum absolute atomic E-state index is 13.0. The van der Waals surface area contributed by atoms with E-state index in [1.165, 1.54) is 12.1 Å². The Morgan fingerprint density at radius 1 is 1.00 bits per heavy atom. The molecular weight excluding hydrogens is 293 g/mol. The second kappa shape index (κ2) is 6.69. The molecule has 120 valence electrons. The summed E-state index contributed by atoms with van der Waals surface area (Å²) in [7, 11) is 0. The second-order valence-corrected chi connectivity index (χ2v) is 5.72. The Hall–Kier alpha value is -2.56. The summed E-state index contributed by atoms with van der Waals surface area (Å²) in [6, 6.07) is 13.9. The fourth-order valence-corrected chi connectivity index (χ4v) is 2.84. The standard InChI is InChI=1S/C18H20FN3O/c19-15-5-7-16(8-6-15)21-9-11-22(12-10-21)18(23)13-14-3-1-2-4-17(14)20/h1-8H,9-13,20H2. The SMILES string of the molecule is Nc1ccccc1CC(=O)N1CCN(c2ccc(F)cc2)CC1. The number of rotatable bonds is 3. The van der Waals surface area contributed by atoms with Crippen molar-refractivity contribution in [3.05, 3.63) is 59.9 Å². The molecular formula is C18H20FN3O. The summed E-state index contributed by atoms with van der Waals surface area (Å²) in [5, 5.41) is 0. The quantitative estimate of drug-likeness (QED) is 0.885. The third-order valence-corrected chi connectivity index (χ3v) is 4.22. The lowest BCUT2D eigenvalue weighted by atomic mass is 10.1. The smallest absolute Gasteiger partial charge is 0.227 e. The van der Waals surface area contributed by atoms with Crippen LogP contribution < -0.4 is 10.6 Å². The summed E-state index contributed by atoms with van der Waals surface area (Å²) in [6.07, 6.45) is 0.337. The largest absolute Gasteiger partial charge is 0.398 e. The van der Waals surface area contributed by atoms with Gasteiger partial charge in [0.1, 0.15) is 5.82 Å². The van der Waals surface area contributed by atoms with Gasteiger partial charge in [0.05, 0.1) is 6.42 Å². The highest BCUT2D eigenvalue weighted by molar-refractivity contribution is 5.80. The number of carbonyl (C=O) groups excluding carboxylic acids is 1. The van der Waals surface area contributed by atoms with Crippen molar-refractivity contribution in [3.8, 4) is 0 Å². The molecule has 3 rings (SSSR count). The Bertz CT molecular complexity index is 679. The number of anilines is 2. The third-order valence-electron chi connectivity index (χ3n) is 4.22. The Balaban J connectivity index is 1.57. The van der Waals surface area contributed by atoms with E-state index in [2.05, 4.69) is 4.90 Å². The van der Waals surface area contributed by atoms with Crippen LogP contribution >= 0.6 is 0 Å². The van der Waals surface area contributed by atoms with Crippen molar-refractivity contribution in [1.82, 2.24) is 4.90 Å². The van der Waals surface area contributed by atoms with Crippen LogP contribution in [0, 0.1) is 5.82 Å². The lowest BCUT2D eigenvalue weighted by Gasteiger charge is -2.36. The topological polar surface area (TPSA) is 49.6 Å². The first kappa shape index (κ1) is 15.3. The molecule has 2 N–H and O–H groups in total. The van der Waals surface area contributed by atoms with Gasteiger partial charge in [-0.05, 0) is 35.9 Å². The minimum atomic E-state index is -0.233. The van der Waals surface area contributed by atoms with Gasteiger partial charge in [-0.2, -0.15) is 0 Å². The van der Waals surface area contributed by atoms with Gasteiger partial charge in [0.25, 0.3) is 0 Å². The zero-order chi connectivity index (χ0) is 16.2. The zero-order valence-electron chi connectivity index (χ0n) is 12.9. The molecule has 0 bridgehead atoms. The minimum absolute atomic E-state index is 0.0988. The van der Waals surface area contributed by atoms with Gasteiger partial charge in [-0.15, -0.1) is 0 Å². The predicted octanol–water partition coefficient (Wildman–Crippen LogP) is 2.30. The minimum Gasteiger partial charge on any atom is -0.398 e. The van der Waals surface area contributed by atoms with Crippen LogP contribution in [0.15, 0.2) is 48.5 Å². The fraction of sp³-hybridized carbons (Fsp3) is 0.278. The van der Waals surface area contributed by atoms with Gasteiger partial charge in [-0.3, -0.25) is 4.79 Å². The molecule has 0 aliphatic carbocycles. The number of nitrogen functional groups attached to an aromatic ring is 1. The highest BCUT2D eigenvalue weighted by Gasteiger charge is 2.21. The second-order valence-electron chi connectivity index (χ2n) is 5.72. The number of hydrogen-bond acceptors (Lipinski definition) is 3. The molecule has 0 atom stereocenters. The fourth-order valence-electron chi connectivity index (χ4n) is 2.84. The van der Waals surface area contributed by atoms with E-state index in [-0.39, 0.29) is 11.7 Å². The van der Waals surface area contributed by atoms with Crippen LogP contribution in [-0.4, -0.2) is 37.0 Å². The number of piperazine rings is 1. The van der Waals surface area contributed by atoms with Crippen molar-refractivity contribution in [3.63, 3.8) is 0 Å². The molecule has 1 aliphatic rings. The molecule has 0 aromatic heterocycles. The van der Waals surface area contributed by atoms with Gasteiger partial charge in [0.15, 0.2) is 0 Å². The first-order valence-corrected chi connectivity index (χ1v) is 7.75. The van der Waals surface area contributed by atoms with Gasteiger partial charge in [-0.25, -0.2) is 4.39 Å². The van der Waals surface area contributed by atoms with E-state index in [9.17, 15) is 9.18 Å². The molecule has 2 aromatic carbocycles. The van der Waals surface area contributed by atoms with E-state index in [0.29, 0.717) is 25.2 Å².